The lowest BCUT2D eigenvalue weighted by Crippen LogP contribution is -2.30. The average Bonchev–Trinajstić information content (AvgIpc) is 3.12. The van der Waals surface area contributed by atoms with Crippen LogP contribution in [0.3, 0.4) is 0 Å². The summed E-state index contributed by atoms with van der Waals surface area (Å²) in [6.45, 7) is 2.29. The number of halogens is 2. The summed E-state index contributed by atoms with van der Waals surface area (Å²) in [6, 6.07) is 37.1. The van der Waals surface area contributed by atoms with Gasteiger partial charge in [-0.1, -0.05) is 89.6 Å². The van der Waals surface area contributed by atoms with Gasteiger partial charge in [0.15, 0.2) is 0 Å². The minimum absolute atomic E-state index is 0.0344. The Hall–Kier alpha value is -5.19. The Labute approximate surface area is 297 Å². The number of carbonyl (C=O) groups excluding carboxylic acids is 3. The summed E-state index contributed by atoms with van der Waals surface area (Å²) in [6.07, 6.45) is 2.08. The number of ether oxygens (including phenoxy) is 1. The number of anilines is 2. The Kier molecular flexibility index (Phi) is 12.4. The molecule has 0 fully saturated rings. The van der Waals surface area contributed by atoms with E-state index < -0.39 is 22.9 Å². The van der Waals surface area contributed by atoms with Gasteiger partial charge in [0, 0.05) is 20.6 Å². The van der Waals surface area contributed by atoms with Gasteiger partial charge in [0.05, 0.1) is 10.9 Å². The maximum Gasteiger partial charge on any atom is 0.272 e. The molecule has 3 amide bonds. The van der Waals surface area contributed by atoms with Crippen LogP contribution in [0.2, 0.25) is 0 Å². The van der Waals surface area contributed by atoms with Crippen molar-refractivity contribution >= 4 is 62.9 Å². The van der Waals surface area contributed by atoms with Crippen molar-refractivity contribution in [3.63, 3.8) is 0 Å². The summed E-state index contributed by atoms with van der Waals surface area (Å²) in [5.74, 6) is -1.19. The van der Waals surface area contributed by atoms with Gasteiger partial charge >= 0.3 is 0 Å². The van der Waals surface area contributed by atoms with Crippen molar-refractivity contribution in [1.29, 1.82) is 0 Å². The summed E-state index contributed by atoms with van der Waals surface area (Å²) in [4.78, 5) is 40.5. The van der Waals surface area contributed by atoms with E-state index in [1.165, 1.54) is 23.9 Å². The molecule has 3 N–H and O–H groups in total. The van der Waals surface area contributed by atoms with Crippen LogP contribution in [0.25, 0.3) is 6.08 Å². The molecular formula is C39H33BrFN3O4S. The summed E-state index contributed by atoms with van der Waals surface area (Å²) in [7, 11) is 0. The molecule has 0 radical (unpaired) electrons. The van der Waals surface area contributed by atoms with E-state index in [9.17, 15) is 18.8 Å². The summed E-state index contributed by atoms with van der Waals surface area (Å²) in [5.41, 5.74) is 2.71. The molecule has 5 aromatic rings. The number of rotatable bonds is 13. The van der Waals surface area contributed by atoms with Crippen molar-refractivity contribution in [2.24, 2.45) is 0 Å². The molecule has 1 unspecified atom stereocenters. The lowest BCUT2D eigenvalue weighted by atomic mass is 10.1. The first-order chi connectivity index (χ1) is 23.8. The van der Waals surface area contributed by atoms with Crippen molar-refractivity contribution in [3.8, 4) is 5.75 Å². The van der Waals surface area contributed by atoms with Gasteiger partial charge in [-0.2, -0.15) is 0 Å². The third-order valence-electron chi connectivity index (χ3n) is 7.19. The van der Waals surface area contributed by atoms with Crippen LogP contribution in [0.1, 0.15) is 34.8 Å². The number of carbonyl (C=O) groups is 3. The van der Waals surface area contributed by atoms with Gasteiger partial charge in [-0.15, -0.1) is 11.8 Å². The highest BCUT2D eigenvalue weighted by Crippen LogP contribution is 2.29. The monoisotopic (exact) mass is 737 g/mol. The van der Waals surface area contributed by atoms with Crippen LogP contribution in [0, 0.1) is 5.82 Å². The van der Waals surface area contributed by atoms with Gasteiger partial charge in [0.25, 0.3) is 11.8 Å². The van der Waals surface area contributed by atoms with E-state index in [-0.39, 0.29) is 17.3 Å². The van der Waals surface area contributed by atoms with E-state index in [0.717, 1.165) is 10.5 Å². The fourth-order valence-corrected chi connectivity index (χ4v) is 5.99. The zero-order valence-electron chi connectivity index (χ0n) is 26.5. The first-order valence-corrected chi connectivity index (χ1v) is 17.1. The molecule has 0 aromatic heterocycles. The van der Waals surface area contributed by atoms with Crippen molar-refractivity contribution in [2.45, 2.75) is 30.1 Å². The lowest BCUT2D eigenvalue weighted by Gasteiger charge is -2.16. The molecule has 0 spiro atoms. The smallest absolute Gasteiger partial charge is 0.272 e. The predicted molar refractivity (Wildman–Crippen MR) is 197 cm³/mol. The van der Waals surface area contributed by atoms with Crippen LogP contribution in [0.15, 0.2) is 142 Å². The Bertz CT molecular complexity index is 1940. The maximum absolute atomic E-state index is 14.3. The molecule has 0 heterocycles. The zero-order valence-corrected chi connectivity index (χ0v) is 28.9. The number of amides is 3. The standard InChI is InChI=1S/C39H33BrFN3O4S/c1-2-36(39(47)43-34-21-18-29(40)23-33(34)41)49-32-15-9-14-30(24-32)42-38(46)35(44-37(45)28-12-7-4-8-13-28)22-26-16-19-31(20-17-26)48-25-27-10-5-3-6-11-27/h3-24,36H,2,25H2,1H3,(H,42,46)(H,43,47)(H,44,45)/b35-22-. The van der Waals surface area contributed by atoms with Crippen LogP contribution in [0.5, 0.6) is 5.75 Å². The van der Waals surface area contributed by atoms with E-state index in [4.69, 9.17) is 4.74 Å². The van der Waals surface area contributed by atoms with Crippen LogP contribution in [-0.2, 0) is 16.2 Å². The van der Waals surface area contributed by atoms with E-state index in [1.807, 2.05) is 43.3 Å². The minimum atomic E-state index is -0.539. The number of hydrogen-bond donors (Lipinski definition) is 3. The highest BCUT2D eigenvalue weighted by molar-refractivity contribution is 9.10. The molecule has 49 heavy (non-hydrogen) atoms. The lowest BCUT2D eigenvalue weighted by molar-refractivity contribution is -0.116. The Morgan fingerprint density at radius 1 is 0.837 bits per heavy atom. The molecule has 0 saturated heterocycles. The van der Waals surface area contributed by atoms with Crippen molar-refractivity contribution in [2.75, 3.05) is 10.6 Å². The normalized spacial score (nSPS) is 11.7. The molecule has 0 aliphatic heterocycles. The average molecular weight is 739 g/mol. The molecule has 7 nitrogen and oxygen atoms in total. The SMILES string of the molecule is CCC(Sc1cccc(NC(=O)/C(=C/c2ccc(OCc3ccccc3)cc2)NC(=O)c2ccccc2)c1)C(=O)Nc1ccc(Br)cc1F. The van der Waals surface area contributed by atoms with E-state index in [1.54, 1.807) is 84.9 Å². The third-order valence-corrected chi connectivity index (χ3v) is 9.04. The molecule has 0 aliphatic rings. The van der Waals surface area contributed by atoms with Crippen LogP contribution in [0.4, 0.5) is 15.8 Å². The largest absolute Gasteiger partial charge is 0.489 e. The van der Waals surface area contributed by atoms with Gasteiger partial charge in [0.1, 0.15) is 23.9 Å². The zero-order chi connectivity index (χ0) is 34.6. The second-order valence-electron chi connectivity index (χ2n) is 10.8. The molecular weight excluding hydrogens is 705 g/mol. The number of thioether (sulfide) groups is 1. The molecule has 248 valence electrons. The van der Waals surface area contributed by atoms with E-state index in [0.29, 0.717) is 40.1 Å². The van der Waals surface area contributed by atoms with Gasteiger partial charge in [-0.3, -0.25) is 14.4 Å². The van der Waals surface area contributed by atoms with Gasteiger partial charge in [0.2, 0.25) is 5.91 Å². The molecule has 0 bridgehead atoms. The molecule has 1 atom stereocenters. The Morgan fingerprint density at radius 2 is 1.55 bits per heavy atom. The van der Waals surface area contributed by atoms with Gasteiger partial charge in [-0.25, -0.2) is 4.39 Å². The second-order valence-corrected chi connectivity index (χ2v) is 13.0. The van der Waals surface area contributed by atoms with Crippen molar-refractivity contribution in [3.05, 3.63) is 160 Å². The van der Waals surface area contributed by atoms with E-state index in [2.05, 4.69) is 31.9 Å². The Balaban J connectivity index is 1.30. The maximum atomic E-state index is 14.3. The van der Waals surface area contributed by atoms with Crippen LogP contribution < -0.4 is 20.7 Å². The number of hydrogen-bond acceptors (Lipinski definition) is 5. The molecule has 5 rings (SSSR count). The topological polar surface area (TPSA) is 96.5 Å². The van der Waals surface area contributed by atoms with Crippen molar-refractivity contribution in [1.82, 2.24) is 5.32 Å². The number of benzene rings is 5. The van der Waals surface area contributed by atoms with Crippen LogP contribution in [-0.4, -0.2) is 23.0 Å². The Morgan fingerprint density at radius 3 is 2.24 bits per heavy atom. The molecule has 0 aliphatic carbocycles. The predicted octanol–water partition coefficient (Wildman–Crippen LogP) is 9.09. The summed E-state index contributed by atoms with van der Waals surface area (Å²) in [5, 5.41) is 7.76. The third kappa shape index (κ3) is 10.4. The minimum Gasteiger partial charge on any atom is -0.489 e. The number of nitrogens with one attached hydrogen (secondary N) is 3. The molecule has 10 heteroatoms. The molecule has 0 saturated carbocycles. The first-order valence-electron chi connectivity index (χ1n) is 15.5. The summed E-state index contributed by atoms with van der Waals surface area (Å²) < 4.78 is 20.8. The summed E-state index contributed by atoms with van der Waals surface area (Å²) >= 11 is 4.52. The van der Waals surface area contributed by atoms with E-state index >= 15 is 0 Å². The van der Waals surface area contributed by atoms with Crippen LogP contribution >= 0.6 is 27.7 Å². The van der Waals surface area contributed by atoms with Crippen molar-refractivity contribution < 1.29 is 23.5 Å². The quantitative estimate of drug-likeness (QED) is 0.0828. The second kappa shape index (κ2) is 17.3. The van der Waals surface area contributed by atoms with Gasteiger partial charge in [-0.05, 0) is 84.3 Å². The van der Waals surface area contributed by atoms with Gasteiger partial charge < -0.3 is 20.7 Å². The highest BCUT2D eigenvalue weighted by atomic mass is 79.9. The molecule has 5 aromatic carbocycles. The fourth-order valence-electron chi connectivity index (χ4n) is 4.65. The first kappa shape index (κ1) is 35.1. The highest BCUT2D eigenvalue weighted by Gasteiger charge is 2.20. The fraction of sp³-hybridized carbons (Fsp3) is 0.103.